The Morgan fingerprint density at radius 1 is 1.00 bits per heavy atom. The van der Waals surface area contributed by atoms with Gasteiger partial charge in [0.05, 0.1) is 17.6 Å². The number of aryl methyl sites for hydroxylation is 1. The van der Waals surface area contributed by atoms with Crippen LogP contribution in [0.2, 0.25) is 0 Å². The van der Waals surface area contributed by atoms with Crippen LogP contribution in [0.4, 0.5) is 10.1 Å². The van der Waals surface area contributed by atoms with Crippen molar-refractivity contribution in [2.75, 3.05) is 11.4 Å². The molecule has 5 heteroatoms. The zero-order valence-electron chi connectivity index (χ0n) is 18.9. The molecule has 5 rings (SSSR count). The van der Waals surface area contributed by atoms with Gasteiger partial charge in [0.2, 0.25) is 5.91 Å². The third kappa shape index (κ3) is 4.28. The molecular weight excluding hydrogens is 413 g/mol. The number of carbonyl (C=O) groups excluding carboxylic acids is 1. The number of unbranched alkanes of at least 4 members (excludes halogenated alkanes) is 1. The van der Waals surface area contributed by atoms with Crippen molar-refractivity contribution in [3.05, 3.63) is 95.6 Å². The molecule has 1 amide bonds. The van der Waals surface area contributed by atoms with Gasteiger partial charge in [0.25, 0.3) is 0 Å². The number of rotatable bonds is 7. The van der Waals surface area contributed by atoms with Gasteiger partial charge in [-0.05, 0) is 48.7 Å². The highest BCUT2D eigenvalue weighted by atomic mass is 19.1. The maximum absolute atomic E-state index is 14.5. The number of halogens is 1. The first-order valence-electron chi connectivity index (χ1n) is 11.7. The van der Waals surface area contributed by atoms with E-state index < -0.39 is 0 Å². The van der Waals surface area contributed by atoms with Crippen LogP contribution in [0.1, 0.15) is 49.1 Å². The number of hydrogen-bond acceptors (Lipinski definition) is 2. The molecule has 1 aromatic heterocycles. The summed E-state index contributed by atoms with van der Waals surface area (Å²) in [6, 6.07) is 23.1. The number of amides is 1. The molecular formula is C28H28FN3O. The molecule has 33 heavy (non-hydrogen) atoms. The van der Waals surface area contributed by atoms with Crippen LogP contribution < -0.4 is 4.90 Å². The zero-order valence-corrected chi connectivity index (χ0v) is 18.9. The molecule has 4 nitrogen and oxygen atoms in total. The Balaban J connectivity index is 1.45. The van der Waals surface area contributed by atoms with Gasteiger partial charge in [0, 0.05) is 30.1 Å². The molecule has 3 aromatic carbocycles. The summed E-state index contributed by atoms with van der Waals surface area (Å²) in [4.78, 5) is 19.7. The predicted octanol–water partition coefficient (Wildman–Crippen LogP) is 6.09. The minimum Gasteiger partial charge on any atom is -0.323 e. The quantitative estimate of drug-likeness (QED) is 0.348. The summed E-state index contributed by atoms with van der Waals surface area (Å²) in [5.74, 6) is 0.672. The van der Waals surface area contributed by atoms with Gasteiger partial charge in [0.15, 0.2) is 0 Å². The Morgan fingerprint density at radius 3 is 2.55 bits per heavy atom. The largest absolute Gasteiger partial charge is 0.323 e. The van der Waals surface area contributed by atoms with Crippen LogP contribution in [-0.2, 0) is 17.8 Å². The Labute approximate surface area is 193 Å². The average molecular weight is 442 g/mol. The molecule has 168 valence electrons. The van der Waals surface area contributed by atoms with Crippen LogP contribution in [0.25, 0.3) is 11.0 Å². The van der Waals surface area contributed by atoms with Crippen molar-refractivity contribution in [2.24, 2.45) is 0 Å². The standard InChI is InChI=1S/C28H28FN3O/c1-2-3-8-20-13-15-23(16-14-20)31-19-22(17-27(31)33)28-30-25-11-6-7-12-26(25)32(28)18-21-9-4-5-10-24(21)29/h4-7,9-16,22H,2-3,8,17-19H2,1H3. The van der Waals surface area contributed by atoms with E-state index in [1.54, 1.807) is 12.1 Å². The highest BCUT2D eigenvalue weighted by Gasteiger charge is 2.35. The summed E-state index contributed by atoms with van der Waals surface area (Å²) in [5.41, 5.74) is 4.68. The van der Waals surface area contributed by atoms with Crippen molar-refractivity contribution < 1.29 is 9.18 Å². The number of anilines is 1. The first kappa shape index (κ1) is 21.4. The Morgan fingerprint density at radius 2 is 1.76 bits per heavy atom. The number of para-hydroxylation sites is 2. The number of carbonyl (C=O) groups is 1. The number of hydrogen-bond donors (Lipinski definition) is 0. The van der Waals surface area contributed by atoms with Crippen molar-refractivity contribution in [1.29, 1.82) is 0 Å². The van der Waals surface area contributed by atoms with Gasteiger partial charge in [-0.25, -0.2) is 9.37 Å². The van der Waals surface area contributed by atoms with Crippen molar-refractivity contribution in [1.82, 2.24) is 9.55 Å². The third-order valence-corrected chi connectivity index (χ3v) is 6.53. The summed E-state index contributed by atoms with van der Waals surface area (Å²) in [7, 11) is 0. The van der Waals surface area contributed by atoms with Gasteiger partial charge >= 0.3 is 0 Å². The van der Waals surface area contributed by atoms with Crippen LogP contribution in [0, 0.1) is 5.82 Å². The molecule has 0 aliphatic carbocycles. The molecule has 1 unspecified atom stereocenters. The lowest BCUT2D eigenvalue weighted by Crippen LogP contribution is -2.24. The topological polar surface area (TPSA) is 38.1 Å². The Hall–Kier alpha value is -3.47. The van der Waals surface area contributed by atoms with Gasteiger partial charge in [-0.1, -0.05) is 55.8 Å². The van der Waals surface area contributed by atoms with Gasteiger partial charge in [-0.15, -0.1) is 0 Å². The minimum absolute atomic E-state index is 0.0450. The van der Waals surface area contributed by atoms with E-state index in [2.05, 4.69) is 23.6 Å². The maximum Gasteiger partial charge on any atom is 0.227 e. The van der Waals surface area contributed by atoms with E-state index in [0.29, 0.717) is 25.1 Å². The molecule has 1 aliphatic heterocycles. The lowest BCUT2D eigenvalue weighted by atomic mass is 10.1. The summed E-state index contributed by atoms with van der Waals surface area (Å²) in [5, 5.41) is 0. The summed E-state index contributed by atoms with van der Waals surface area (Å²) >= 11 is 0. The molecule has 0 spiro atoms. The molecule has 0 radical (unpaired) electrons. The number of nitrogens with zero attached hydrogens (tertiary/aromatic N) is 3. The fraction of sp³-hybridized carbons (Fsp3) is 0.286. The van der Waals surface area contributed by atoms with E-state index in [0.717, 1.165) is 29.0 Å². The fourth-order valence-electron chi connectivity index (χ4n) is 4.72. The van der Waals surface area contributed by atoms with Crippen molar-refractivity contribution in [3.8, 4) is 0 Å². The lowest BCUT2D eigenvalue weighted by molar-refractivity contribution is -0.117. The molecule has 0 N–H and O–H groups in total. The number of imidazole rings is 1. The molecule has 1 saturated heterocycles. The predicted molar refractivity (Wildman–Crippen MR) is 130 cm³/mol. The van der Waals surface area contributed by atoms with E-state index in [9.17, 15) is 9.18 Å². The third-order valence-electron chi connectivity index (χ3n) is 6.53. The molecule has 1 fully saturated rings. The molecule has 0 bridgehead atoms. The summed E-state index contributed by atoms with van der Waals surface area (Å²) < 4.78 is 16.5. The van der Waals surface area contributed by atoms with Crippen LogP contribution in [0.15, 0.2) is 72.8 Å². The van der Waals surface area contributed by atoms with Gasteiger partial charge in [0.1, 0.15) is 11.6 Å². The van der Waals surface area contributed by atoms with Gasteiger partial charge in [-0.3, -0.25) is 4.79 Å². The van der Waals surface area contributed by atoms with Crippen LogP contribution in [0.3, 0.4) is 0 Å². The molecule has 0 saturated carbocycles. The minimum atomic E-state index is -0.228. The van der Waals surface area contributed by atoms with Gasteiger partial charge in [-0.2, -0.15) is 0 Å². The highest BCUT2D eigenvalue weighted by Crippen LogP contribution is 2.34. The van der Waals surface area contributed by atoms with E-state index in [1.165, 1.54) is 24.5 Å². The SMILES string of the molecule is CCCCc1ccc(N2CC(c3nc4ccccc4n3Cc3ccccc3F)CC2=O)cc1. The first-order valence-corrected chi connectivity index (χ1v) is 11.7. The van der Waals surface area contributed by atoms with Crippen LogP contribution in [-0.4, -0.2) is 22.0 Å². The van der Waals surface area contributed by atoms with E-state index in [-0.39, 0.29) is 17.6 Å². The van der Waals surface area contributed by atoms with E-state index >= 15 is 0 Å². The molecule has 1 aliphatic rings. The molecule has 1 atom stereocenters. The number of benzene rings is 3. The van der Waals surface area contributed by atoms with Crippen LogP contribution in [0.5, 0.6) is 0 Å². The smallest absolute Gasteiger partial charge is 0.227 e. The maximum atomic E-state index is 14.5. The summed E-state index contributed by atoms with van der Waals surface area (Å²) in [6.07, 6.45) is 3.80. The van der Waals surface area contributed by atoms with Gasteiger partial charge < -0.3 is 9.47 Å². The average Bonchev–Trinajstić information content (AvgIpc) is 3.40. The highest BCUT2D eigenvalue weighted by molar-refractivity contribution is 5.96. The lowest BCUT2D eigenvalue weighted by Gasteiger charge is -2.18. The second-order valence-corrected chi connectivity index (χ2v) is 8.81. The van der Waals surface area contributed by atoms with Crippen molar-refractivity contribution in [3.63, 3.8) is 0 Å². The zero-order chi connectivity index (χ0) is 22.8. The Kier molecular flexibility index (Phi) is 5.95. The number of fused-ring (bicyclic) bond motifs is 1. The monoisotopic (exact) mass is 441 g/mol. The van der Waals surface area contributed by atoms with E-state index in [1.807, 2.05) is 47.4 Å². The summed E-state index contributed by atoms with van der Waals surface area (Å²) in [6.45, 7) is 3.16. The second-order valence-electron chi connectivity index (χ2n) is 8.81. The van der Waals surface area contributed by atoms with E-state index in [4.69, 9.17) is 4.98 Å². The first-order chi connectivity index (χ1) is 16.1. The van der Waals surface area contributed by atoms with Crippen molar-refractivity contribution in [2.45, 2.75) is 45.1 Å². The Bertz CT molecular complexity index is 1280. The normalized spacial score (nSPS) is 16.1. The molecule has 4 aromatic rings. The second kappa shape index (κ2) is 9.18. The fourth-order valence-corrected chi connectivity index (χ4v) is 4.72. The molecule has 2 heterocycles. The van der Waals surface area contributed by atoms with Crippen LogP contribution >= 0.6 is 0 Å². The number of aromatic nitrogens is 2. The van der Waals surface area contributed by atoms with Crippen molar-refractivity contribution >= 4 is 22.6 Å².